The van der Waals surface area contributed by atoms with Crippen LogP contribution in [-0.4, -0.2) is 17.6 Å². The van der Waals surface area contributed by atoms with Crippen LogP contribution in [-0.2, 0) is 0 Å². The highest BCUT2D eigenvalue weighted by Gasteiger charge is 2.16. The summed E-state index contributed by atoms with van der Waals surface area (Å²) < 4.78 is 4.91. The molecule has 0 saturated carbocycles. The summed E-state index contributed by atoms with van der Waals surface area (Å²) >= 11 is 0. The molecule has 0 aliphatic heterocycles. The lowest BCUT2D eigenvalue weighted by atomic mass is 10.1. The molecular weight excluding hydrogens is 306 g/mol. The highest BCUT2D eigenvalue weighted by atomic mass is 16.4. The van der Waals surface area contributed by atoms with Crippen LogP contribution in [0, 0.1) is 0 Å². The minimum absolute atomic E-state index is 0.263. The third-order valence-electron chi connectivity index (χ3n) is 3.32. The van der Waals surface area contributed by atoms with Crippen molar-refractivity contribution in [2.24, 2.45) is 0 Å². The molecule has 1 rings (SSSR count). The van der Waals surface area contributed by atoms with Gasteiger partial charge in [0.05, 0.1) is 6.26 Å². The summed E-state index contributed by atoms with van der Waals surface area (Å²) in [7, 11) is 0. The minimum atomic E-state index is -0.684. The fourth-order valence-electron chi connectivity index (χ4n) is 1.93. The number of hydrogen-bond donors (Lipinski definition) is 2. The van der Waals surface area contributed by atoms with Gasteiger partial charge in [0.2, 0.25) is 16.9 Å². The predicted molar refractivity (Wildman–Crippen MR) is 95.1 cm³/mol. The van der Waals surface area contributed by atoms with E-state index in [4.69, 9.17) is 4.42 Å². The Balaban J connectivity index is 2.65. The van der Waals surface area contributed by atoms with Gasteiger partial charge in [0.25, 0.3) is 5.91 Å². The number of rotatable bonds is 7. The lowest BCUT2D eigenvalue weighted by Crippen LogP contribution is -2.26. The second-order valence-electron chi connectivity index (χ2n) is 4.98. The smallest absolute Gasteiger partial charge is 0.291 e. The number of aromatic hydroxyl groups is 1. The Kier molecular flexibility index (Phi) is 8.05. The van der Waals surface area contributed by atoms with Crippen molar-refractivity contribution < 1.29 is 14.3 Å². The van der Waals surface area contributed by atoms with Crippen LogP contribution >= 0.6 is 0 Å². The molecule has 0 saturated heterocycles. The van der Waals surface area contributed by atoms with E-state index in [-0.39, 0.29) is 12.3 Å². The molecule has 5 nitrogen and oxygen atoms in total. The number of nitrogens with one attached hydrogen (secondary N) is 1. The van der Waals surface area contributed by atoms with E-state index in [1.807, 2.05) is 57.2 Å². The topological polar surface area (TPSA) is 79.5 Å². The maximum atomic E-state index is 12.0. The lowest BCUT2D eigenvalue weighted by Gasteiger charge is -2.06. The van der Waals surface area contributed by atoms with Crippen LogP contribution in [0.4, 0.5) is 0 Å². The van der Waals surface area contributed by atoms with E-state index in [1.165, 1.54) is 5.57 Å². The summed E-state index contributed by atoms with van der Waals surface area (Å²) in [5, 5.41) is 12.2. The van der Waals surface area contributed by atoms with Gasteiger partial charge in [0.15, 0.2) is 0 Å². The van der Waals surface area contributed by atoms with Crippen molar-refractivity contribution in [3.05, 3.63) is 75.9 Å². The van der Waals surface area contributed by atoms with Gasteiger partial charge in [-0.15, -0.1) is 0 Å². The van der Waals surface area contributed by atoms with E-state index in [0.29, 0.717) is 0 Å². The highest BCUT2D eigenvalue weighted by molar-refractivity contribution is 5.93. The van der Waals surface area contributed by atoms with Gasteiger partial charge in [-0.2, -0.15) is 0 Å². The molecule has 1 heterocycles. The molecule has 0 unspecified atom stereocenters. The number of carbonyl (C=O) groups excluding carboxylic acids is 1. The van der Waals surface area contributed by atoms with E-state index < -0.39 is 17.1 Å². The Morgan fingerprint density at radius 1 is 1.21 bits per heavy atom. The van der Waals surface area contributed by atoms with Crippen molar-refractivity contribution in [1.82, 2.24) is 5.32 Å². The van der Waals surface area contributed by atoms with Crippen LogP contribution < -0.4 is 10.7 Å². The Morgan fingerprint density at radius 3 is 2.54 bits per heavy atom. The molecule has 0 radical (unpaired) electrons. The first-order valence-corrected chi connectivity index (χ1v) is 7.72. The van der Waals surface area contributed by atoms with Crippen molar-refractivity contribution in [1.29, 1.82) is 0 Å². The number of hydrogen-bond acceptors (Lipinski definition) is 4. The minimum Gasteiger partial charge on any atom is -0.501 e. The van der Waals surface area contributed by atoms with E-state index >= 15 is 0 Å². The van der Waals surface area contributed by atoms with Crippen LogP contribution in [0.3, 0.4) is 0 Å². The van der Waals surface area contributed by atoms with Gasteiger partial charge in [-0.1, -0.05) is 36.5 Å². The number of amides is 1. The summed E-state index contributed by atoms with van der Waals surface area (Å²) in [6.45, 7) is 6.09. The molecule has 24 heavy (non-hydrogen) atoms. The highest BCUT2D eigenvalue weighted by Crippen LogP contribution is 2.10. The predicted octanol–water partition coefficient (Wildman–Crippen LogP) is 3.49. The van der Waals surface area contributed by atoms with E-state index in [1.54, 1.807) is 0 Å². The zero-order chi connectivity index (χ0) is 17.9. The first kappa shape index (κ1) is 19.2. The molecular formula is C19H23NO4. The van der Waals surface area contributed by atoms with Gasteiger partial charge in [0, 0.05) is 12.6 Å². The zero-order valence-electron chi connectivity index (χ0n) is 14.2. The van der Waals surface area contributed by atoms with Gasteiger partial charge in [-0.25, -0.2) is 0 Å². The van der Waals surface area contributed by atoms with Crippen molar-refractivity contribution >= 4 is 5.91 Å². The number of allylic oxidation sites excluding steroid dienone is 6. The lowest BCUT2D eigenvalue weighted by molar-refractivity contribution is 0.0922. The summed E-state index contributed by atoms with van der Waals surface area (Å²) in [4.78, 5) is 23.3. The Morgan fingerprint density at radius 2 is 1.92 bits per heavy atom. The summed E-state index contributed by atoms with van der Waals surface area (Å²) in [6, 6.07) is 1.05. The van der Waals surface area contributed by atoms with Crippen molar-refractivity contribution in [3.8, 4) is 5.75 Å². The third kappa shape index (κ3) is 5.76. The first-order valence-electron chi connectivity index (χ1n) is 7.72. The van der Waals surface area contributed by atoms with Crippen LogP contribution in [0.2, 0.25) is 0 Å². The monoisotopic (exact) mass is 329 g/mol. The Bertz CT molecular complexity index is 736. The molecule has 0 bridgehead atoms. The van der Waals surface area contributed by atoms with Crippen molar-refractivity contribution in [2.45, 2.75) is 27.2 Å². The largest absolute Gasteiger partial charge is 0.501 e. The fraction of sp³-hybridized carbons (Fsp3) is 0.263. The molecule has 1 aromatic heterocycles. The Hall–Kier alpha value is -2.82. The van der Waals surface area contributed by atoms with Crippen LogP contribution in [0.5, 0.6) is 5.75 Å². The molecule has 5 heteroatoms. The zero-order valence-corrected chi connectivity index (χ0v) is 14.2. The van der Waals surface area contributed by atoms with E-state index in [9.17, 15) is 14.7 Å². The van der Waals surface area contributed by atoms with Gasteiger partial charge in [-0.3, -0.25) is 9.59 Å². The molecule has 0 aromatic carbocycles. The third-order valence-corrected chi connectivity index (χ3v) is 3.32. The molecule has 0 spiro atoms. The molecule has 2 N–H and O–H groups in total. The van der Waals surface area contributed by atoms with Crippen LogP contribution in [0.25, 0.3) is 0 Å². The summed E-state index contributed by atoms with van der Waals surface area (Å²) in [5.41, 5.74) is 1.45. The maximum Gasteiger partial charge on any atom is 0.291 e. The average Bonchev–Trinajstić information content (AvgIpc) is 2.59. The molecule has 0 fully saturated rings. The number of carbonyl (C=O) groups is 1. The molecule has 1 amide bonds. The van der Waals surface area contributed by atoms with Gasteiger partial charge < -0.3 is 14.8 Å². The van der Waals surface area contributed by atoms with Crippen molar-refractivity contribution in [2.75, 3.05) is 6.54 Å². The first-order chi connectivity index (χ1) is 11.5. The second-order valence-corrected chi connectivity index (χ2v) is 4.98. The molecule has 1 aromatic rings. The molecule has 0 atom stereocenters. The molecule has 128 valence electrons. The maximum absolute atomic E-state index is 12.0. The normalized spacial score (nSPS) is 13.0. The van der Waals surface area contributed by atoms with Gasteiger partial charge >= 0.3 is 0 Å². The second kappa shape index (κ2) is 10.0. The molecule has 0 aliphatic rings. The van der Waals surface area contributed by atoms with Crippen molar-refractivity contribution in [3.63, 3.8) is 0 Å². The summed E-state index contributed by atoms with van der Waals surface area (Å²) in [6.07, 6.45) is 13.8. The van der Waals surface area contributed by atoms with E-state index in [2.05, 4.69) is 5.32 Å². The Labute approximate surface area is 141 Å². The standard InChI is InChI=1S/C19H23NO4/c1-4-8-14(5-2)9-7-10-15(6-3)13-20-19(23)18-17(22)16(21)11-12-24-18/h4-8,10-12,22H,9,13H2,1-3H3,(H,20,23)/b8-4-,10-7-,14-5+,15-6+. The SMILES string of the molecule is C/C=C\C(=C/C)C/C=C\C(=C/C)CNC(=O)c1occc(=O)c1O. The quantitative estimate of drug-likeness (QED) is 0.751. The van der Waals surface area contributed by atoms with Crippen LogP contribution in [0.1, 0.15) is 37.7 Å². The molecule has 0 aliphatic carbocycles. The van der Waals surface area contributed by atoms with Gasteiger partial charge in [0.1, 0.15) is 0 Å². The summed E-state index contributed by atoms with van der Waals surface area (Å²) in [5.74, 6) is -1.70. The fourth-order valence-corrected chi connectivity index (χ4v) is 1.93. The van der Waals surface area contributed by atoms with E-state index in [0.717, 1.165) is 24.3 Å². The average molecular weight is 329 g/mol. The van der Waals surface area contributed by atoms with Crippen LogP contribution in [0.15, 0.2) is 69.1 Å². The van der Waals surface area contributed by atoms with Gasteiger partial charge in [-0.05, 0) is 38.3 Å².